The largest absolute Gasteiger partial charge is 0.416 e. The van der Waals surface area contributed by atoms with Gasteiger partial charge >= 0.3 is 6.18 Å². The van der Waals surface area contributed by atoms with Crippen LogP contribution in [0.25, 0.3) is 22.2 Å². The number of nitrogens with one attached hydrogen (secondary N) is 1. The van der Waals surface area contributed by atoms with E-state index in [1.54, 1.807) is 18.2 Å². The molecule has 0 aliphatic rings. The van der Waals surface area contributed by atoms with E-state index in [4.69, 9.17) is 0 Å². The minimum atomic E-state index is -4.46. The molecule has 4 nitrogen and oxygen atoms in total. The van der Waals surface area contributed by atoms with Crippen LogP contribution in [0.5, 0.6) is 0 Å². The summed E-state index contributed by atoms with van der Waals surface area (Å²) in [7, 11) is -3.49. The van der Waals surface area contributed by atoms with Crippen LogP contribution in [0.15, 0.2) is 47.4 Å². The van der Waals surface area contributed by atoms with Crippen LogP contribution in [0.1, 0.15) is 12.5 Å². The maximum absolute atomic E-state index is 12.8. The number of rotatable bonds is 3. The van der Waals surface area contributed by atoms with Crippen molar-refractivity contribution in [3.05, 3.63) is 48.0 Å². The van der Waals surface area contributed by atoms with Gasteiger partial charge in [-0.1, -0.05) is 25.1 Å². The molecule has 126 valence electrons. The Kier molecular flexibility index (Phi) is 3.87. The van der Waals surface area contributed by atoms with Gasteiger partial charge in [0, 0.05) is 10.9 Å². The molecule has 0 fully saturated rings. The number of aromatic amines is 1. The van der Waals surface area contributed by atoms with Gasteiger partial charge in [-0.2, -0.15) is 18.3 Å². The average molecular weight is 354 g/mol. The van der Waals surface area contributed by atoms with Gasteiger partial charge in [0.15, 0.2) is 9.84 Å². The first-order valence-corrected chi connectivity index (χ1v) is 8.77. The molecule has 1 N–H and O–H groups in total. The molecule has 0 saturated carbocycles. The first kappa shape index (κ1) is 16.5. The third-order valence-electron chi connectivity index (χ3n) is 3.75. The molecule has 0 unspecified atom stereocenters. The highest BCUT2D eigenvalue weighted by Crippen LogP contribution is 2.35. The zero-order valence-electron chi connectivity index (χ0n) is 12.6. The Bertz CT molecular complexity index is 1010. The summed E-state index contributed by atoms with van der Waals surface area (Å²) in [6.07, 6.45) is -4.46. The van der Waals surface area contributed by atoms with Gasteiger partial charge in [0.05, 0.1) is 21.7 Å². The monoisotopic (exact) mass is 354 g/mol. The predicted octanol–water partition coefficient (Wildman–Crippen LogP) is 4.04. The number of halogens is 3. The summed E-state index contributed by atoms with van der Waals surface area (Å²) < 4.78 is 62.9. The molecule has 3 aromatic rings. The Balaban J connectivity index is 2.22. The van der Waals surface area contributed by atoms with Crippen LogP contribution < -0.4 is 0 Å². The van der Waals surface area contributed by atoms with Crippen molar-refractivity contribution in [2.75, 3.05) is 5.75 Å². The van der Waals surface area contributed by atoms with Gasteiger partial charge in [-0.25, -0.2) is 8.42 Å². The van der Waals surface area contributed by atoms with E-state index in [0.717, 1.165) is 12.1 Å². The van der Waals surface area contributed by atoms with Gasteiger partial charge in [0.2, 0.25) is 0 Å². The zero-order valence-corrected chi connectivity index (χ0v) is 13.4. The van der Waals surface area contributed by atoms with E-state index in [-0.39, 0.29) is 16.2 Å². The number of sulfone groups is 1. The SMILES string of the molecule is CCS(=O)(=O)c1ccccc1-c1n[nH]c2cc(C(F)(F)F)ccc12. The summed E-state index contributed by atoms with van der Waals surface area (Å²) in [5.74, 6) is -0.0788. The van der Waals surface area contributed by atoms with Crippen molar-refractivity contribution in [1.82, 2.24) is 10.2 Å². The maximum Gasteiger partial charge on any atom is 0.416 e. The van der Waals surface area contributed by atoms with Crippen molar-refractivity contribution >= 4 is 20.7 Å². The quantitative estimate of drug-likeness (QED) is 0.772. The second-order valence-corrected chi connectivity index (χ2v) is 7.48. The molecule has 0 saturated heterocycles. The van der Waals surface area contributed by atoms with E-state index in [1.165, 1.54) is 19.1 Å². The number of aromatic nitrogens is 2. The summed E-state index contributed by atoms with van der Waals surface area (Å²) in [5.41, 5.74) is 0.0832. The summed E-state index contributed by atoms with van der Waals surface area (Å²) in [6, 6.07) is 9.54. The number of hydrogen-bond donors (Lipinski definition) is 1. The summed E-state index contributed by atoms with van der Waals surface area (Å²) >= 11 is 0. The minimum Gasteiger partial charge on any atom is -0.277 e. The molecule has 1 aromatic heterocycles. The second-order valence-electron chi connectivity index (χ2n) is 5.23. The molecule has 3 rings (SSSR count). The Hall–Kier alpha value is -2.35. The number of alkyl halides is 3. The van der Waals surface area contributed by atoms with E-state index in [9.17, 15) is 21.6 Å². The van der Waals surface area contributed by atoms with E-state index < -0.39 is 21.6 Å². The normalized spacial score (nSPS) is 12.7. The van der Waals surface area contributed by atoms with E-state index in [2.05, 4.69) is 10.2 Å². The minimum absolute atomic E-state index is 0.0788. The third kappa shape index (κ3) is 2.77. The number of hydrogen-bond acceptors (Lipinski definition) is 3. The van der Waals surface area contributed by atoms with Gasteiger partial charge in [-0.3, -0.25) is 5.10 Å². The predicted molar refractivity (Wildman–Crippen MR) is 84.3 cm³/mol. The fourth-order valence-electron chi connectivity index (χ4n) is 2.49. The van der Waals surface area contributed by atoms with Crippen LogP contribution in [-0.2, 0) is 16.0 Å². The van der Waals surface area contributed by atoms with Crippen molar-refractivity contribution in [3.63, 3.8) is 0 Å². The lowest BCUT2D eigenvalue weighted by molar-refractivity contribution is -0.137. The summed E-state index contributed by atoms with van der Waals surface area (Å²) in [6.45, 7) is 1.53. The van der Waals surface area contributed by atoms with Crippen molar-refractivity contribution in [1.29, 1.82) is 0 Å². The highest BCUT2D eigenvalue weighted by atomic mass is 32.2. The van der Waals surface area contributed by atoms with E-state index in [0.29, 0.717) is 16.6 Å². The molecular formula is C16H13F3N2O2S. The van der Waals surface area contributed by atoms with Crippen molar-refractivity contribution in [2.45, 2.75) is 18.0 Å². The lowest BCUT2D eigenvalue weighted by Gasteiger charge is -2.08. The van der Waals surface area contributed by atoms with E-state index >= 15 is 0 Å². The van der Waals surface area contributed by atoms with Gasteiger partial charge in [-0.15, -0.1) is 0 Å². The summed E-state index contributed by atoms with van der Waals surface area (Å²) in [4.78, 5) is 0.112. The van der Waals surface area contributed by atoms with Crippen LogP contribution >= 0.6 is 0 Å². The molecule has 0 aliphatic heterocycles. The molecule has 1 heterocycles. The molecule has 24 heavy (non-hydrogen) atoms. The van der Waals surface area contributed by atoms with Crippen LogP contribution in [0, 0.1) is 0 Å². The average Bonchev–Trinajstić information content (AvgIpc) is 2.97. The summed E-state index contributed by atoms with van der Waals surface area (Å²) in [5, 5.41) is 7.02. The van der Waals surface area contributed by atoms with Gasteiger partial charge in [0.25, 0.3) is 0 Å². The highest BCUT2D eigenvalue weighted by molar-refractivity contribution is 7.91. The highest BCUT2D eigenvalue weighted by Gasteiger charge is 2.31. The Morgan fingerprint density at radius 3 is 2.50 bits per heavy atom. The standard InChI is InChI=1S/C16H13F3N2O2S/c1-2-24(22,23)14-6-4-3-5-12(14)15-11-8-7-10(16(17,18)19)9-13(11)20-21-15/h3-9H,2H2,1H3,(H,20,21). The van der Waals surface area contributed by atoms with Crippen molar-refractivity contribution in [2.24, 2.45) is 0 Å². The lowest BCUT2D eigenvalue weighted by atomic mass is 10.1. The van der Waals surface area contributed by atoms with Crippen molar-refractivity contribution in [3.8, 4) is 11.3 Å². The zero-order chi connectivity index (χ0) is 17.5. The fourth-order valence-corrected chi connectivity index (χ4v) is 3.59. The Morgan fingerprint density at radius 2 is 1.83 bits per heavy atom. The van der Waals surface area contributed by atoms with Gasteiger partial charge in [0.1, 0.15) is 5.69 Å². The Morgan fingerprint density at radius 1 is 1.12 bits per heavy atom. The van der Waals surface area contributed by atoms with Gasteiger partial charge < -0.3 is 0 Å². The molecule has 0 radical (unpaired) electrons. The lowest BCUT2D eigenvalue weighted by Crippen LogP contribution is -2.05. The first-order valence-electron chi connectivity index (χ1n) is 7.11. The van der Waals surface area contributed by atoms with Crippen molar-refractivity contribution < 1.29 is 21.6 Å². The Labute approximate surface area is 136 Å². The number of nitrogens with zero attached hydrogens (tertiary/aromatic N) is 1. The van der Waals surface area contributed by atoms with Crippen LogP contribution in [0.2, 0.25) is 0 Å². The molecular weight excluding hydrogens is 341 g/mol. The topological polar surface area (TPSA) is 62.8 Å². The molecule has 0 spiro atoms. The first-order chi connectivity index (χ1) is 11.2. The number of H-pyrrole nitrogens is 1. The fraction of sp³-hybridized carbons (Fsp3) is 0.188. The molecule has 2 aromatic carbocycles. The number of benzene rings is 2. The van der Waals surface area contributed by atoms with Gasteiger partial charge in [-0.05, 0) is 24.3 Å². The molecule has 0 atom stereocenters. The maximum atomic E-state index is 12.8. The number of fused-ring (bicyclic) bond motifs is 1. The molecule has 0 bridgehead atoms. The third-order valence-corrected chi connectivity index (χ3v) is 5.53. The smallest absolute Gasteiger partial charge is 0.277 e. The van der Waals surface area contributed by atoms with Crippen LogP contribution in [0.4, 0.5) is 13.2 Å². The van der Waals surface area contributed by atoms with Crippen LogP contribution in [-0.4, -0.2) is 24.4 Å². The van der Waals surface area contributed by atoms with E-state index in [1.807, 2.05) is 0 Å². The molecule has 8 heteroatoms. The molecule has 0 aliphatic carbocycles. The molecule has 0 amide bonds. The van der Waals surface area contributed by atoms with Crippen LogP contribution in [0.3, 0.4) is 0 Å². The second kappa shape index (κ2) is 5.62.